The van der Waals surface area contributed by atoms with Gasteiger partial charge in [0.25, 0.3) is 5.91 Å². The first-order chi connectivity index (χ1) is 11.1. The normalized spacial score (nSPS) is 16.3. The smallest absolute Gasteiger partial charge is 0.255 e. The molecule has 2 amide bonds. The summed E-state index contributed by atoms with van der Waals surface area (Å²) in [6.07, 6.45) is 1.52. The Morgan fingerprint density at radius 3 is 2.87 bits per heavy atom. The molecule has 0 aliphatic carbocycles. The van der Waals surface area contributed by atoms with E-state index in [-0.39, 0.29) is 17.1 Å². The first-order valence-corrected chi connectivity index (χ1v) is 7.88. The lowest BCUT2D eigenvalue weighted by Gasteiger charge is -2.21. The first-order valence-electron chi connectivity index (χ1n) is 7.00. The Balaban J connectivity index is 1.77. The van der Waals surface area contributed by atoms with Crippen LogP contribution in [0, 0.1) is 0 Å². The van der Waals surface area contributed by atoms with E-state index < -0.39 is 0 Å². The number of rotatable bonds is 3. The fourth-order valence-electron chi connectivity index (χ4n) is 2.13. The lowest BCUT2D eigenvalue weighted by atomic mass is 10.1. The van der Waals surface area contributed by atoms with Crippen molar-refractivity contribution in [3.63, 3.8) is 0 Å². The number of ether oxygens (including phenoxy) is 1. The summed E-state index contributed by atoms with van der Waals surface area (Å²) in [5.41, 5.74) is 1.70. The van der Waals surface area contributed by atoms with Gasteiger partial charge in [-0.3, -0.25) is 9.59 Å². The number of anilines is 2. The summed E-state index contributed by atoms with van der Waals surface area (Å²) in [5.74, 6) is 0.155. The van der Waals surface area contributed by atoms with E-state index in [1.54, 1.807) is 24.3 Å². The van der Waals surface area contributed by atoms with E-state index in [9.17, 15) is 9.59 Å². The molecule has 1 aliphatic heterocycles. The van der Waals surface area contributed by atoms with Crippen molar-refractivity contribution in [2.75, 3.05) is 17.7 Å². The summed E-state index contributed by atoms with van der Waals surface area (Å²) in [6, 6.07) is 8.64. The lowest BCUT2D eigenvalue weighted by molar-refractivity contribution is -0.115. The Labute approximate surface area is 137 Å². The quantitative estimate of drug-likeness (QED) is 0.905. The van der Waals surface area contributed by atoms with Crippen LogP contribution in [0.15, 0.2) is 41.4 Å². The van der Waals surface area contributed by atoms with Gasteiger partial charge >= 0.3 is 0 Å². The van der Waals surface area contributed by atoms with Crippen LogP contribution in [0.25, 0.3) is 0 Å². The molecule has 23 heavy (non-hydrogen) atoms. The summed E-state index contributed by atoms with van der Waals surface area (Å²) in [5, 5.41) is 5.44. The van der Waals surface area contributed by atoms with Crippen LogP contribution in [0.4, 0.5) is 11.4 Å². The first kappa shape index (κ1) is 15.4. The fraction of sp³-hybridized carbons (Fsp3) is 0.188. The molecule has 0 bridgehead atoms. The van der Waals surface area contributed by atoms with Crippen molar-refractivity contribution in [3.8, 4) is 5.88 Å². The Kier molecular flexibility index (Phi) is 4.20. The molecule has 6 nitrogen and oxygen atoms in total. The van der Waals surface area contributed by atoms with Gasteiger partial charge in [0.1, 0.15) is 0 Å². The van der Waals surface area contributed by atoms with Crippen LogP contribution in [0.3, 0.4) is 0 Å². The number of amides is 2. The molecule has 0 spiro atoms. The Bertz CT molecular complexity index is 762. The molecule has 0 radical (unpaired) electrons. The predicted molar refractivity (Wildman–Crippen MR) is 89.1 cm³/mol. The maximum atomic E-state index is 12.3. The number of fused-ring (bicyclic) bond motifs is 1. The second kappa shape index (κ2) is 6.29. The molecule has 1 aromatic carbocycles. The highest BCUT2D eigenvalue weighted by Crippen LogP contribution is 2.36. The van der Waals surface area contributed by atoms with Gasteiger partial charge in [-0.25, -0.2) is 4.98 Å². The SMILES string of the molecule is COc1ccc(NC(=O)c2ccc3c(c2)NC(=O)[C@H](C)S3)cn1. The van der Waals surface area contributed by atoms with Crippen molar-refractivity contribution in [3.05, 3.63) is 42.1 Å². The zero-order chi connectivity index (χ0) is 16.4. The van der Waals surface area contributed by atoms with Gasteiger partial charge in [0.05, 0.1) is 29.9 Å². The number of nitrogens with one attached hydrogen (secondary N) is 2. The number of hydrogen-bond donors (Lipinski definition) is 2. The van der Waals surface area contributed by atoms with Gasteiger partial charge in [-0.1, -0.05) is 0 Å². The highest BCUT2D eigenvalue weighted by atomic mass is 32.2. The molecule has 2 heterocycles. The molecule has 2 aromatic rings. The molecule has 7 heteroatoms. The van der Waals surface area contributed by atoms with E-state index >= 15 is 0 Å². The molecular weight excluding hydrogens is 314 g/mol. The summed E-state index contributed by atoms with van der Waals surface area (Å²) in [4.78, 5) is 29.0. The van der Waals surface area contributed by atoms with Crippen LogP contribution in [0.2, 0.25) is 0 Å². The molecule has 0 fully saturated rings. The standard InChI is InChI=1S/C16H15N3O3S/c1-9-15(20)19-12-7-10(3-5-13(12)23-9)16(21)18-11-4-6-14(22-2)17-8-11/h3-9H,1-2H3,(H,18,21)(H,19,20)/t9-/m0/s1. The van der Waals surface area contributed by atoms with Crippen LogP contribution >= 0.6 is 11.8 Å². The van der Waals surface area contributed by atoms with Gasteiger partial charge in [-0.15, -0.1) is 11.8 Å². The topological polar surface area (TPSA) is 80.3 Å². The highest BCUT2D eigenvalue weighted by Gasteiger charge is 2.23. The molecular formula is C16H15N3O3S. The van der Waals surface area contributed by atoms with Gasteiger partial charge in [-0.05, 0) is 31.2 Å². The second-order valence-electron chi connectivity index (χ2n) is 5.00. The van der Waals surface area contributed by atoms with Crippen molar-refractivity contribution in [1.29, 1.82) is 0 Å². The Morgan fingerprint density at radius 1 is 1.35 bits per heavy atom. The molecule has 0 saturated carbocycles. The number of nitrogens with zero attached hydrogens (tertiary/aromatic N) is 1. The Hall–Kier alpha value is -2.54. The van der Waals surface area contributed by atoms with E-state index in [1.165, 1.54) is 25.1 Å². The van der Waals surface area contributed by atoms with E-state index in [4.69, 9.17) is 4.74 Å². The zero-order valence-electron chi connectivity index (χ0n) is 12.6. The predicted octanol–water partition coefficient (Wildman–Crippen LogP) is 2.78. The van der Waals surface area contributed by atoms with E-state index in [0.29, 0.717) is 22.8 Å². The summed E-state index contributed by atoms with van der Waals surface area (Å²) >= 11 is 1.48. The van der Waals surface area contributed by atoms with Crippen LogP contribution in [0.1, 0.15) is 17.3 Å². The van der Waals surface area contributed by atoms with Gasteiger partial charge < -0.3 is 15.4 Å². The third-order valence-electron chi connectivity index (χ3n) is 3.38. The van der Waals surface area contributed by atoms with Gasteiger partial charge in [-0.2, -0.15) is 0 Å². The average molecular weight is 329 g/mol. The number of carbonyl (C=O) groups is 2. The number of benzene rings is 1. The largest absolute Gasteiger partial charge is 0.481 e. The average Bonchev–Trinajstić information content (AvgIpc) is 2.56. The monoisotopic (exact) mass is 329 g/mol. The number of pyridine rings is 1. The Morgan fingerprint density at radius 2 is 2.17 bits per heavy atom. The van der Waals surface area contributed by atoms with Gasteiger partial charge in [0, 0.05) is 16.5 Å². The molecule has 0 saturated heterocycles. The minimum absolute atomic E-state index is 0.0561. The zero-order valence-corrected chi connectivity index (χ0v) is 13.4. The number of aromatic nitrogens is 1. The molecule has 2 N–H and O–H groups in total. The number of hydrogen-bond acceptors (Lipinski definition) is 5. The van der Waals surface area contributed by atoms with Crippen molar-refractivity contribution >= 4 is 35.0 Å². The third-order valence-corrected chi connectivity index (χ3v) is 4.55. The summed E-state index contributed by atoms with van der Waals surface area (Å²) in [7, 11) is 1.53. The summed E-state index contributed by atoms with van der Waals surface area (Å²) < 4.78 is 4.97. The van der Waals surface area contributed by atoms with E-state index in [0.717, 1.165) is 4.90 Å². The number of methoxy groups -OCH3 is 1. The molecule has 1 atom stereocenters. The van der Waals surface area contributed by atoms with Crippen molar-refractivity contribution in [1.82, 2.24) is 4.98 Å². The van der Waals surface area contributed by atoms with Crippen molar-refractivity contribution in [2.45, 2.75) is 17.1 Å². The number of carbonyl (C=O) groups excluding carboxylic acids is 2. The molecule has 118 valence electrons. The highest BCUT2D eigenvalue weighted by molar-refractivity contribution is 8.00. The van der Waals surface area contributed by atoms with Gasteiger partial charge in [0.15, 0.2) is 0 Å². The maximum Gasteiger partial charge on any atom is 0.255 e. The second-order valence-corrected chi connectivity index (χ2v) is 6.39. The molecule has 1 aromatic heterocycles. The minimum Gasteiger partial charge on any atom is -0.481 e. The molecule has 1 aliphatic rings. The van der Waals surface area contributed by atoms with Crippen LogP contribution in [0.5, 0.6) is 5.88 Å². The van der Waals surface area contributed by atoms with Crippen LogP contribution < -0.4 is 15.4 Å². The van der Waals surface area contributed by atoms with Crippen LogP contribution in [-0.2, 0) is 4.79 Å². The number of thioether (sulfide) groups is 1. The third kappa shape index (κ3) is 3.29. The summed E-state index contributed by atoms with van der Waals surface area (Å²) in [6.45, 7) is 1.85. The molecule has 0 unspecified atom stereocenters. The van der Waals surface area contributed by atoms with E-state index in [2.05, 4.69) is 15.6 Å². The molecule has 3 rings (SSSR count). The van der Waals surface area contributed by atoms with Gasteiger partial charge in [0.2, 0.25) is 11.8 Å². The lowest BCUT2D eigenvalue weighted by Crippen LogP contribution is -2.26. The van der Waals surface area contributed by atoms with Crippen molar-refractivity contribution < 1.29 is 14.3 Å². The van der Waals surface area contributed by atoms with E-state index in [1.807, 2.05) is 13.0 Å². The maximum absolute atomic E-state index is 12.3. The van der Waals surface area contributed by atoms with Crippen LogP contribution in [-0.4, -0.2) is 29.2 Å². The fourth-order valence-corrected chi connectivity index (χ4v) is 3.06. The van der Waals surface area contributed by atoms with Crippen molar-refractivity contribution in [2.24, 2.45) is 0 Å². The minimum atomic E-state index is -0.266.